The summed E-state index contributed by atoms with van der Waals surface area (Å²) < 4.78 is 37.9. The number of fused-ring (bicyclic) bond motifs is 5. The summed E-state index contributed by atoms with van der Waals surface area (Å²) in [5.41, 5.74) is 0.445. The van der Waals surface area contributed by atoms with E-state index in [2.05, 4.69) is 31.0 Å². The predicted molar refractivity (Wildman–Crippen MR) is 165 cm³/mol. The monoisotopic (exact) mass is 596 g/mol. The van der Waals surface area contributed by atoms with Crippen molar-refractivity contribution in [3.05, 3.63) is 53.7 Å². The molecule has 226 valence electrons. The van der Waals surface area contributed by atoms with Crippen molar-refractivity contribution in [1.29, 1.82) is 0 Å². The molecule has 0 radical (unpaired) electrons. The fraction of sp³-hybridized carbons (Fsp3) is 0.441. The number of benzene rings is 2. The lowest BCUT2D eigenvalue weighted by molar-refractivity contribution is 0.0644. The molecule has 4 aliphatic heterocycles. The molecule has 0 saturated carbocycles. The number of halogens is 2. The van der Waals surface area contributed by atoms with Gasteiger partial charge in [-0.1, -0.05) is 30.2 Å². The number of rotatable bonds is 6. The van der Waals surface area contributed by atoms with E-state index in [0.29, 0.717) is 46.2 Å². The Balaban J connectivity index is 1.25. The normalized spacial score (nSPS) is 26.4. The second-order valence-corrected chi connectivity index (χ2v) is 12.7. The summed E-state index contributed by atoms with van der Waals surface area (Å²) >= 11 is 0. The second kappa shape index (κ2) is 10.6. The molecule has 10 heteroatoms. The standard InChI is InChI=1S/C34H34F2N6O2/c1-2-24-27(35)10-7-20-5-3-6-25(28(20)24)30-29(36)31-26(15-37-30)32(41-16-21-8-9-22(17-41)38-21)40-33(39-31)44-19-34-12-4-14-42(34)23(18-43)11-13-34/h1,3,5-7,10,15,21-23,38,43H,4,8-9,11-14,16-19H2. The van der Waals surface area contributed by atoms with E-state index in [1.165, 1.54) is 6.07 Å². The largest absolute Gasteiger partial charge is 0.461 e. The van der Waals surface area contributed by atoms with Crippen molar-refractivity contribution in [3.8, 4) is 29.6 Å². The molecule has 4 aliphatic rings. The van der Waals surface area contributed by atoms with Gasteiger partial charge in [-0.25, -0.2) is 8.78 Å². The van der Waals surface area contributed by atoms with Crippen LogP contribution in [0.2, 0.25) is 0 Å². The van der Waals surface area contributed by atoms with E-state index >= 15 is 4.39 Å². The number of ether oxygens (including phenoxy) is 1. The van der Waals surface area contributed by atoms with Gasteiger partial charge in [-0.05, 0) is 56.5 Å². The highest BCUT2D eigenvalue weighted by Gasteiger charge is 2.49. The maximum Gasteiger partial charge on any atom is 0.319 e. The highest BCUT2D eigenvalue weighted by atomic mass is 19.1. The number of hydrogen-bond donors (Lipinski definition) is 2. The lowest BCUT2D eigenvalue weighted by Gasteiger charge is -2.35. The van der Waals surface area contributed by atoms with Crippen molar-refractivity contribution < 1.29 is 18.6 Å². The molecule has 8 nitrogen and oxygen atoms in total. The zero-order valence-corrected chi connectivity index (χ0v) is 24.4. The minimum atomic E-state index is -0.629. The lowest BCUT2D eigenvalue weighted by Crippen LogP contribution is -2.51. The van der Waals surface area contributed by atoms with Crippen LogP contribution in [0.5, 0.6) is 6.01 Å². The number of nitrogens with zero attached hydrogens (tertiary/aromatic N) is 5. The Morgan fingerprint density at radius 2 is 1.93 bits per heavy atom. The zero-order valence-electron chi connectivity index (χ0n) is 24.4. The molecule has 6 heterocycles. The molecule has 0 amide bonds. The summed E-state index contributed by atoms with van der Waals surface area (Å²) in [5, 5.41) is 15.2. The minimum Gasteiger partial charge on any atom is -0.461 e. The number of terminal acetylenes is 1. The number of nitrogens with one attached hydrogen (secondary N) is 1. The molecule has 2 aromatic heterocycles. The van der Waals surface area contributed by atoms with Gasteiger partial charge in [0.15, 0.2) is 5.82 Å². The summed E-state index contributed by atoms with van der Waals surface area (Å²) in [7, 11) is 0. The van der Waals surface area contributed by atoms with Crippen LogP contribution in [0.15, 0.2) is 36.5 Å². The van der Waals surface area contributed by atoms with Crippen LogP contribution >= 0.6 is 0 Å². The van der Waals surface area contributed by atoms with Gasteiger partial charge in [-0.3, -0.25) is 9.88 Å². The van der Waals surface area contributed by atoms with Crippen LogP contribution in [0.1, 0.15) is 44.1 Å². The van der Waals surface area contributed by atoms with E-state index in [0.717, 1.165) is 58.2 Å². The first kappa shape index (κ1) is 27.6. The Labute approximate surface area is 254 Å². The molecule has 4 atom stereocenters. The number of pyridine rings is 1. The van der Waals surface area contributed by atoms with Crippen molar-refractivity contribution in [3.63, 3.8) is 0 Å². The number of aliphatic hydroxyl groups is 1. The quantitative estimate of drug-likeness (QED) is 0.317. The van der Waals surface area contributed by atoms with Crippen molar-refractivity contribution in [2.45, 2.75) is 62.2 Å². The molecule has 44 heavy (non-hydrogen) atoms. The van der Waals surface area contributed by atoms with Crippen LogP contribution < -0.4 is 15.0 Å². The van der Waals surface area contributed by atoms with E-state index in [1.54, 1.807) is 24.4 Å². The minimum absolute atomic E-state index is 0.0447. The van der Waals surface area contributed by atoms with E-state index in [-0.39, 0.29) is 41.0 Å². The third kappa shape index (κ3) is 4.32. The van der Waals surface area contributed by atoms with Gasteiger partial charge in [0.2, 0.25) is 0 Å². The summed E-state index contributed by atoms with van der Waals surface area (Å²) in [6.45, 7) is 2.92. The maximum absolute atomic E-state index is 16.7. The van der Waals surface area contributed by atoms with Crippen molar-refractivity contribution in [2.24, 2.45) is 0 Å². The fourth-order valence-electron chi connectivity index (χ4n) is 8.18. The first-order chi connectivity index (χ1) is 21.5. The highest BCUT2D eigenvalue weighted by Crippen LogP contribution is 2.43. The van der Waals surface area contributed by atoms with E-state index in [4.69, 9.17) is 16.1 Å². The summed E-state index contributed by atoms with van der Waals surface area (Å²) in [6.07, 6.45) is 13.4. The summed E-state index contributed by atoms with van der Waals surface area (Å²) in [4.78, 5) is 18.7. The number of aromatic nitrogens is 3. The van der Waals surface area contributed by atoms with Gasteiger partial charge in [0.25, 0.3) is 0 Å². The second-order valence-electron chi connectivity index (χ2n) is 12.7. The lowest BCUT2D eigenvalue weighted by atomic mass is 9.95. The molecule has 8 rings (SSSR count). The van der Waals surface area contributed by atoms with Gasteiger partial charge in [-0.2, -0.15) is 9.97 Å². The van der Waals surface area contributed by atoms with Crippen LogP contribution in [0.4, 0.5) is 14.6 Å². The summed E-state index contributed by atoms with van der Waals surface area (Å²) in [6, 6.07) is 9.21. The Morgan fingerprint density at radius 3 is 2.73 bits per heavy atom. The number of piperazine rings is 1. The molecule has 4 fully saturated rings. The Bertz CT molecular complexity index is 1820. The van der Waals surface area contributed by atoms with Gasteiger partial charge >= 0.3 is 6.01 Å². The van der Waals surface area contributed by atoms with E-state index < -0.39 is 11.6 Å². The Morgan fingerprint density at radius 1 is 1.09 bits per heavy atom. The third-order valence-corrected chi connectivity index (χ3v) is 10.3. The van der Waals surface area contributed by atoms with Gasteiger partial charge in [-0.15, -0.1) is 6.42 Å². The van der Waals surface area contributed by atoms with Crippen molar-refractivity contribution >= 4 is 27.5 Å². The van der Waals surface area contributed by atoms with Crippen molar-refractivity contribution in [2.75, 3.05) is 37.7 Å². The smallest absolute Gasteiger partial charge is 0.319 e. The SMILES string of the molecule is C#Cc1c(F)ccc2cccc(-c3ncc4c(N5CC6CCC(C5)N6)nc(OCC56CCCN5C(CO)CC6)nc4c3F)c12. The zero-order chi connectivity index (χ0) is 30.0. The van der Waals surface area contributed by atoms with E-state index in [9.17, 15) is 9.50 Å². The van der Waals surface area contributed by atoms with Gasteiger partial charge in [0, 0.05) is 48.4 Å². The van der Waals surface area contributed by atoms with Crippen molar-refractivity contribution in [1.82, 2.24) is 25.2 Å². The first-order valence-corrected chi connectivity index (χ1v) is 15.5. The maximum atomic E-state index is 16.7. The van der Waals surface area contributed by atoms with Crippen LogP contribution in [0.25, 0.3) is 32.9 Å². The molecule has 2 bridgehead atoms. The molecule has 4 saturated heterocycles. The van der Waals surface area contributed by atoms with Gasteiger partial charge < -0.3 is 20.1 Å². The Hall–Kier alpha value is -3.91. The van der Waals surface area contributed by atoms with Crippen LogP contribution in [0, 0.1) is 24.0 Å². The van der Waals surface area contributed by atoms with Crippen LogP contribution in [-0.2, 0) is 0 Å². The van der Waals surface area contributed by atoms with Gasteiger partial charge in [0.05, 0.1) is 23.1 Å². The molecular weight excluding hydrogens is 562 g/mol. The van der Waals surface area contributed by atoms with Crippen LogP contribution in [-0.4, -0.2) is 81.5 Å². The molecule has 2 aromatic carbocycles. The molecule has 0 spiro atoms. The highest BCUT2D eigenvalue weighted by molar-refractivity contribution is 6.02. The first-order valence-electron chi connectivity index (χ1n) is 15.5. The fourth-order valence-corrected chi connectivity index (χ4v) is 8.18. The predicted octanol–water partition coefficient (Wildman–Crippen LogP) is 4.41. The van der Waals surface area contributed by atoms with Crippen LogP contribution in [0.3, 0.4) is 0 Å². The molecule has 4 aromatic rings. The third-order valence-electron chi connectivity index (χ3n) is 10.3. The molecule has 4 unspecified atom stereocenters. The number of hydrogen-bond acceptors (Lipinski definition) is 8. The molecular formula is C34H34F2N6O2. The topological polar surface area (TPSA) is 86.6 Å². The summed E-state index contributed by atoms with van der Waals surface area (Å²) in [5.74, 6) is 1.88. The number of aliphatic hydroxyl groups excluding tert-OH is 1. The molecule has 2 N–H and O–H groups in total. The average molecular weight is 597 g/mol. The Kier molecular flexibility index (Phi) is 6.67. The molecule has 0 aliphatic carbocycles. The van der Waals surface area contributed by atoms with Gasteiger partial charge in [0.1, 0.15) is 29.5 Å². The van der Waals surface area contributed by atoms with E-state index in [1.807, 2.05) is 6.07 Å². The average Bonchev–Trinajstić information content (AvgIpc) is 3.72. The number of anilines is 1.